The summed E-state index contributed by atoms with van der Waals surface area (Å²) in [5.74, 6) is -0.386. The number of allylic oxidation sites excluding steroid dienone is 4. The second kappa shape index (κ2) is 10.2. The largest absolute Gasteiger partial charge is 0.455 e. The van der Waals surface area contributed by atoms with E-state index in [9.17, 15) is 9.90 Å². The van der Waals surface area contributed by atoms with Gasteiger partial charge in [-0.25, -0.2) is 4.79 Å². The van der Waals surface area contributed by atoms with Crippen LogP contribution in [0.15, 0.2) is 47.6 Å². The van der Waals surface area contributed by atoms with Gasteiger partial charge in [-0.3, -0.25) is 0 Å². The lowest BCUT2D eigenvalue weighted by Crippen LogP contribution is -2.29. The van der Waals surface area contributed by atoms with Gasteiger partial charge in [-0.2, -0.15) is 0 Å². The zero-order chi connectivity index (χ0) is 18.0. The molecule has 0 aromatic rings. The molecule has 0 aromatic carbocycles. The highest BCUT2D eigenvalue weighted by molar-refractivity contribution is 5.82. The standard InChI is InChI=1S/C20H32O3/c1-8-20(7,22)14-18(23-19(21)12-16(4)5)13-17(6)11-9-10-15(2)3/h8,10,12-13,18,22H,1,9,11,14H2,2-7H3. The van der Waals surface area contributed by atoms with Gasteiger partial charge in [-0.1, -0.05) is 28.9 Å². The van der Waals surface area contributed by atoms with E-state index in [-0.39, 0.29) is 5.97 Å². The third kappa shape index (κ3) is 11.6. The Bertz CT molecular complexity index is 485. The Morgan fingerprint density at radius 2 is 1.83 bits per heavy atom. The summed E-state index contributed by atoms with van der Waals surface area (Å²) in [4.78, 5) is 11.9. The molecule has 0 aromatic heterocycles. The minimum Gasteiger partial charge on any atom is -0.455 e. The summed E-state index contributed by atoms with van der Waals surface area (Å²) in [5.41, 5.74) is 2.23. The summed E-state index contributed by atoms with van der Waals surface area (Å²) in [5, 5.41) is 10.2. The van der Waals surface area contributed by atoms with Crippen LogP contribution in [0.1, 0.15) is 60.8 Å². The van der Waals surface area contributed by atoms with Gasteiger partial charge < -0.3 is 9.84 Å². The molecule has 3 nitrogen and oxygen atoms in total. The Morgan fingerprint density at radius 3 is 2.30 bits per heavy atom. The molecule has 2 atom stereocenters. The molecule has 2 unspecified atom stereocenters. The van der Waals surface area contributed by atoms with E-state index in [4.69, 9.17) is 4.74 Å². The minimum atomic E-state index is -1.08. The van der Waals surface area contributed by atoms with Crippen LogP contribution in [0.3, 0.4) is 0 Å². The van der Waals surface area contributed by atoms with Crippen molar-refractivity contribution < 1.29 is 14.6 Å². The fourth-order valence-corrected chi connectivity index (χ4v) is 2.03. The van der Waals surface area contributed by atoms with E-state index < -0.39 is 11.7 Å². The Labute approximate surface area is 141 Å². The van der Waals surface area contributed by atoms with Crippen molar-refractivity contribution in [3.63, 3.8) is 0 Å². The van der Waals surface area contributed by atoms with Gasteiger partial charge in [-0.15, -0.1) is 6.58 Å². The van der Waals surface area contributed by atoms with Crippen LogP contribution < -0.4 is 0 Å². The van der Waals surface area contributed by atoms with Gasteiger partial charge in [0.25, 0.3) is 0 Å². The molecule has 0 amide bonds. The molecule has 0 saturated carbocycles. The Balaban J connectivity index is 5.03. The lowest BCUT2D eigenvalue weighted by atomic mass is 9.96. The lowest BCUT2D eigenvalue weighted by Gasteiger charge is -2.24. The van der Waals surface area contributed by atoms with Crippen LogP contribution in [0.5, 0.6) is 0 Å². The maximum atomic E-state index is 11.9. The summed E-state index contributed by atoms with van der Waals surface area (Å²) in [6.07, 6.45) is 8.71. The molecular formula is C20H32O3. The molecule has 0 aliphatic rings. The molecule has 23 heavy (non-hydrogen) atoms. The second-order valence-electron chi connectivity index (χ2n) is 6.80. The Hall–Kier alpha value is -1.61. The zero-order valence-electron chi connectivity index (χ0n) is 15.5. The number of rotatable bonds is 9. The number of hydrogen-bond donors (Lipinski definition) is 1. The van der Waals surface area contributed by atoms with E-state index in [2.05, 4.69) is 26.5 Å². The van der Waals surface area contributed by atoms with Gasteiger partial charge in [0.1, 0.15) is 6.10 Å². The van der Waals surface area contributed by atoms with Gasteiger partial charge >= 0.3 is 5.97 Å². The smallest absolute Gasteiger partial charge is 0.331 e. The average Bonchev–Trinajstić information content (AvgIpc) is 2.36. The van der Waals surface area contributed by atoms with Crippen molar-refractivity contribution >= 4 is 5.97 Å². The van der Waals surface area contributed by atoms with Crippen molar-refractivity contribution in [3.05, 3.63) is 47.6 Å². The zero-order valence-corrected chi connectivity index (χ0v) is 15.5. The Morgan fingerprint density at radius 1 is 1.22 bits per heavy atom. The van der Waals surface area contributed by atoms with E-state index in [0.717, 1.165) is 24.0 Å². The van der Waals surface area contributed by atoms with Crippen molar-refractivity contribution in [2.45, 2.75) is 72.5 Å². The SMILES string of the molecule is C=CC(C)(O)CC(C=C(C)CCC=C(C)C)OC(=O)C=C(C)C. The van der Waals surface area contributed by atoms with Crippen molar-refractivity contribution in [1.29, 1.82) is 0 Å². The molecular weight excluding hydrogens is 288 g/mol. The third-order valence-electron chi connectivity index (χ3n) is 3.29. The van der Waals surface area contributed by atoms with Gasteiger partial charge in [-0.05, 0) is 60.5 Å². The first-order valence-corrected chi connectivity index (χ1v) is 8.08. The first kappa shape index (κ1) is 21.4. The Kier molecular flexibility index (Phi) is 9.50. The van der Waals surface area contributed by atoms with E-state index in [1.807, 2.05) is 26.8 Å². The highest BCUT2D eigenvalue weighted by atomic mass is 16.5. The van der Waals surface area contributed by atoms with Crippen LogP contribution in [0.2, 0.25) is 0 Å². The number of ether oxygens (including phenoxy) is 1. The highest BCUT2D eigenvalue weighted by Gasteiger charge is 2.23. The fraction of sp³-hybridized carbons (Fsp3) is 0.550. The fourth-order valence-electron chi connectivity index (χ4n) is 2.03. The normalized spacial score (nSPS) is 15.2. The predicted octanol–water partition coefficient (Wildman–Crippen LogP) is 4.88. The van der Waals surface area contributed by atoms with E-state index in [1.54, 1.807) is 6.92 Å². The molecule has 0 radical (unpaired) electrons. The van der Waals surface area contributed by atoms with E-state index in [0.29, 0.717) is 6.42 Å². The quantitative estimate of drug-likeness (QED) is 0.374. The van der Waals surface area contributed by atoms with Crippen molar-refractivity contribution in [3.8, 4) is 0 Å². The molecule has 0 aliphatic heterocycles. The molecule has 0 bridgehead atoms. The molecule has 0 aliphatic carbocycles. The predicted molar refractivity (Wildman–Crippen MR) is 97.2 cm³/mol. The minimum absolute atomic E-state index is 0.291. The van der Waals surface area contributed by atoms with Crippen LogP contribution in [-0.2, 0) is 9.53 Å². The average molecular weight is 320 g/mol. The molecule has 3 heteroatoms. The van der Waals surface area contributed by atoms with Gasteiger partial charge in [0.05, 0.1) is 5.60 Å². The third-order valence-corrected chi connectivity index (χ3v) is 3.29. The number of carbonyl (C=O) groups excluding carboxylic acids is 1. The molecule has 0 heterocycles. The summed E-state index contributed by atoms with van der Waals surface area (Å²) < 4.78 is 5.48. The first-order valence-electron chi connectivity index (χ1n) is 8.08. The number of aliphatic hydroxyl groups is 1. The lowest BCUT2D eigenvalue weighted by molar-refractivity contribution is -0.142. The molecule has 0 fully saturated rings. The molecule has 0 saturated heterocycles. The van der Waals surface area contributed by atoms with Crippen LogP contribution >= 0.6 is 0 Å². The van der Waals surface area contributed by atoms with Crippen molar-refractivity contribution in [2.24, 2.45) is 0 Å². The maximum Gasteiger partial charge on any atom is 0.331 e. The molecule has 1 N–H and O–H groups in total. The maximum absolute atomic E-state index is 11.9. The molecule has 0 spiro atoms. The van der Waals surface area contributed by atoms with Crippen LogP contribution in [0.4, 0.5) is 0 Å². The summed E-state index contributed by atoms with van der Waals surface area (Å²) >= 11 is 0. The summed E-state index contributed by atoms with van der Waals surface area (Å²) in [6.45, 7) is 15.1. The van der Waals surface area contributed by atoms with Gasteiger partial charge in [0.2, 0.25) is 0 Å². The van der Waals surface area contributed by atoms with Crippen LogP contribution in [0, 0.1) is 0 Å². The number of hydrogen-bond acceptors (Lipinski definition) is 3. The van der Waals surface area contributed by atoms with Gasteiger partial charge in [0, 0.05) is 12.5 Å². The second-order valence-corrected chi connectivity index (χ2v) is 6.80. The monoisotopic (exact) mass is 320 g/mol. The van der Waals surface area contributed by atoms with Crippen LogP contribution in [-0.4, -0.2) is 22.8 Å². The summed E-state index contributed by atoms with van der Waals surface area (Å²) in [6, 6.07) is 0. The van der Waals surface area contributed by atoms with Crippen LogP contribution in [0.25, 0.3) is 0 Å². The highest BCUT2D eigenvalue weighted by Crippen LogP contribution is 2.19. The van der Waals surface area contributed by atoms with Crippen molar-refractivity contribution in [1.82, 2.24) is 0 Å². The number of esters is 1. The number of carbonyl (C=O) groups is 1. The molecule has 130 valence electrons. The van der Waals surface area contributed by atoms with E-state index >= 15 is 0 Å². The van der Waals surface area contributed by atoms with E-state index in [1.165, 1.54) is 17.7 Å². The van der Waals surface area contributed by atoms with Crippen molar-refractivity contribution in [2.75, 3.05) is 0 Å². The van der Waals surface area contributed by atoms with Gasteiger partial charge in [0.15, 0.2) is 0 Å². The summed E-state index contributed by atoms with van der Waals surface area (Å²) in [7, 11) is 0. The topological polar surface area (TPSA) is 46.5 Å². The molecule has 0 rings (SSSR count). The first-order chi connectivity index (χ1) is 10.6.